The van der Waals surface area contributed by atoms with Crippen molar-refractivity contribution in [3.05, 3.63) is 39.6 Å². The van der Waals surface area contributed by atoms with Gasteiger partial charge in [0.1, 0.15) is 5.69 Å². The Morgan fingerprint density at radius 3 is 2.85 bits per heavy atom. The van der Waals surface area contributed by atoms with Crippen molar-refractivity contribution in [2.24, 2.45) is 0 Å². The molecule has 0 radical (unpaired) electrons. The summed E-state index contributed by atoms with van der Waals surface area (Å²) < 4.78 is 0. The first-order valence-electron chi connectivity index (χ1n) is 6.77. The molecule has 1 fully saturated rings. The molecule has 1 aliphatic carbocycles. The van der Waals surface area contributed by atoms with Gasteiger partial charge in [0.25, 0.3) is 11.5 Å². The molecule has 2 heterocycles. The summed E-state index contributed by atoms with van der Waals surface area (Å²) in [5.41, 5.74) is 1.95. The lowest BCUT2D eigenvalue weighted by Crippen LogP contribution is -2.28. The largest absolute Gasteiger partial charge is 0.343 e. The number of carbonyl (C=O) groups is 1. The van der Waals surface area contributed by atoms with Crippen molar-refractivity contribution < 1.29 is 4.79 Å². The van der Waals surface area contributed by atoms with Gasteiger partial charge < -0.3 is 10.4 Å². The SMILES string of the molecule is CC(NC(=O)c1[nH]ncc1C1CCC1)c1cc(=O)[nH][nH]1. The molecule has 2 aromatic heterocycles. The van der Waals surface area contributed by atoms with Gasteiger partial charge in [-0.3, -0.25) is 19.8 Å². The fraction of sp³-hybridized carbons (Fsp3) is 0.462. The van der Waals surface area contributed by atoms with E-state index >= 15 is 0 Å². The van der Waals surface area contributed by atoms with Crippen LogP contribution in [-0.2, 0) is 0 Å². The Morgan fingerprint density at radius 1 is 1.45 bits per heavy atom. The predicted octanol–water partition coefficient (Wildman–Crippen LogP) is 1.18. The quantitative estimate of drug-likeness (QED) is 0.673. The minimum atomic E-state index is -0.279. The average Bonchev–Trinajstić information content (AvgIpc) is 2.96. The van der Waals surface area contributed by atoms with Crippen molar-refractivity contribution in [2.75, 3.05) is 0 Å². The van der Waals surface area contributed by atoms with E-state index in [0.717, 1.165) is 18.4 Å². The Kier molecular flexibility index (Phi) is 3.17. The van der Waals surface area contributed by atoms with E-state index in [1.54, 1.807) is 6.20 Å². The van der Waals surface area contributed by atoms with E-state index in [0.29, 0.717) is 17.3 Å². The van der Waals surface area contributed by atoms with Crippen molar-refractivity contribution in [1.82, 2.24) is 25.7 Å². The van der Waals surface area contributed by atoms with Crippen LogP contribution in [0.5, 0.6) is 0 Å². The third kappa shape index (κ3) is 2.26. The first kappa shape index (κ1) is 12.7. The van der Waals surface area contributed by atoms with Gasteiger partial charge >= 0.3 is 0 Å². The van der Waals surface area contributed by atoms with Crippen LogP contribution in [0.3, 0.4) is 0 Å². The summed E-state index contributed by atoms with van der Waals surface area (Å²) in [6.45, 7) is 1.82. The van der Waals surface area contributed by atoms with E-state index in [1.165, 1.54) is 12.5 Å². The van der Waals surface area contributed by atoms with Gasteiger partial charge in [-0.25, -0.2) is 0 Å². The zero-order valence-corrected chi connectivity index (χ0v) is 11.2. The van der Waals surface area contributed by atoms with Crippen molar-refractivity contribution in [3.8, 4) is 0 Å². The maximum atomic E-state index is 12.3. The Morgan fingerprint density at radius 2 is 2.25 bits per heavy atom. The summed E-state index contributed by atoms with van der Waals surface area (Å²) >= 11 is 0. The topological polar surface area (TPSA) is 106 Å². The molecular formula is C13H17N5O2. The molecule has 7 heteroatoms. The predicted molar refractivity (Wildman–Crippen MR) is 72.5 cm³/mol. The number of nitrogens with zero attached hydrogens (tertiary/aromatic N) is 1. The number of hydrogen-bond donors (Lipinski definition) is 4. The number of aromatic amines is 3. The van der Waals surface area contributed by atoms with Crippen LogP contribution in [0.2, 0.25) is 0 Å². The molecule has 4 N–H and O–H groups in total. The van der Waals surface area contributed by atoms with Crippen molar-refractivity contribution in [1.29, 1.82) is 0 Å². The van der Waals surface area contributed by atoms with Gasteiger partial charge in [0.05, 0.1) is 17.9 Å². The highest BCUT2D eigenvalue weighted by Gasteiger charge is 2.26. The van der Waals surface area contributed by atoms with Crippen molar-refractivity contribution in [2.45, 2.75) is 38.1 Å². The third-order valence-electron chi connectivity index (χ3n) is 3.87. The highest BCUT2D eigenvalue weighted by Crippen LogP contribution is 2.37. The number of nitrogens with one attached hydrogen (secondary N) is 4. The highest BCUT2D eigenvalue weighted by molar-refractivity contribution is 5.94. The average molecular weight is 275 g/mol. The first-order chi connectivity index (χ1) is 9.65. The molecule has 1 amide bonds. The summed E-state index contributed by atoms with van der Waals surface area (Å²) in [4.78, 5) is 23.4. The van der Waals surface area contributed by atoms with Crippen LogP contribution in [0.4, 0.5) is 0 Å². The van der Waals surface area contributed by atoms with Crippen LogP contribution >= 0.6 is 0 Å². The molecule has 0 aliphatic heterocycles. The van der Waals surface area contributed by atoms with Crippen LogP contribution in [0.1, 0.15) is 59.9 Å². The molecule has 0 aromatic carbocycles. The van der Waals surface area contributed by atoms with E-state index in [1.807, 2.05) is 6.92 Å². The second-order valence-corrected chi connectivity index (χ2v) is 5.24. The van der Waals surface area contributed by atoms with Gasteiger partial charge in [-0.1, -0.05) is 6.42 Å². The number of hydrogen-bond acceptors (Lipinski definition) is 3. The lowest BCUT2D eigenvalue weighted by molar-refractivity contribution is 0.0932. The molecule has 7 nitrogen and oxygen atoms in total. The number of amides is 1. The molecule has 106 valence electrons. The zero-order valence-electron chi connectivity index (χ0n) is 11.2. The van der Waals surface area contributed by atoms with E-state index in [4.69, 9.17) is 0 Å². The minimum absolute atomic E-state index is 0.195. The second kappa shape index (κ2) is 4.99. The third-order valence-corrected chi connectivity index (χ3v) is 3.87. The molecule has 0 saturated heterocycles. The van der Waals surface area contributed by atoms with Crippen molar-refractivity contribution >= 4 is 5.91 Å². The fourth-order valence-corrected chi connectivity index (χ4v) is 2.43. The van der Waals surface area contributed by atoms with Gasteiger partial charge in [0.15, 0.2) is 0 Å². The van der Waals surface area contributed by atoms with Gasteiger partial charge in [-0.15, -0.1) is 0 Å². The number of H-pyrrole nitrogens is 3. The molecule has 2 aromatic rings. The van der Waals surface area contributed by atoms with Crippen LogP contribution in [-0.4, -0.2) is 26.3 Å². The molecule has 1 aliphatic rings. The fourth-order valence-electron chi connectivity index (χ4n) is 2.43. The smallest absolute Gasteiger partial charge is 0.270 e. The van der Waals surface area contributed by atoms with Gasteiger partial charge in [0.2, 0.25) is 0 Å². The normalized spacial score (nSPS) is 16.6. The Labute approximate surface area is 115 Å². The maximum absolute atomic E-state index is 12.3. The molecule has 1 saturated carbocycles. The summed E-state index contributed by atoms with van der Waals surface area (Å²) in [5, 5.41) is 14.8. The number of aromatic nitrogens is 4. The molecule has 1 atom stereocenters. The monoisotopic (exact) mass is 275 g/mol. The highest BCUT2D eigenvalue weighted by atomic mass is 16.2. The van der Waals surface area contributed by atoms with Gasteiger partial charge in [0, 0.05) is 11.6 Å². The number of rotatable bonds is 4. The summed E-state index contributed by atoms with van der Waals surface area (Å²) in [7, 11) is 0. The zero-order chi connectivity index (χ0) is 14.1. The molecule has 1 unspecified atom stereocenters. The maximum Gasteiger partial charge on any atom is 0.270 e. The van der Waals surface area contributed by atoms with E-state index in [-0.39, 0.29) is 17.5 Å². The standard InChI is InChI=1S/C13H17N5O2/c1-7(10-5-11(19)17-16-10)15-13(20)12-9(6-14-18-12)8-3-2-4-8/h5-8H,2-4H2,1H3,(H,14,18)(H,15,20)(H2,16,17,19). The Balaban J connectivity index is 1.73. The van der Waals surface area contributed by atoms with E-state index < -0.39 is 0 Å². The second-order valence-electron chi connectivity index (χ2n) is 5.24. The van der Waals surface area contributed by atoms with Crippen LogP contribution in [0.25, 0.3) is 0 Å². The van der Waals surface area contributed by atoms with E-state index in [9.17, 15) is 9.59 Å². The first-order valence-corrected chi connectivity index (χ1v) is 6.77. The summed E-state index contributed by atoms with van der Waals surface area (Å²) in [6, 6.07) is 1.16. The van der Waals surface area contributed by atoms with Crippen LogP contribution in [0, 0.1) is 0 Å². The van der Waals surface area contributed by atoms with Gasteiger partial charge in [-0.2, -0.15) is 5.10 Å². The molecule has 0 bridgehead atoms. The van der Waals surface area contributed by atoms with E-state index in [2.05, 4.69) is 25.7 Å². The molecule has 20 heavy (non-hydrogen) atoms. The lowest BCUT2D eigenvalue weighted by Gasteiger charge is -2.25. The summed E-state index contributed by atoms with van der Waals surface area (Å²) in [5.74, 6) is 0.246. The minimum Gasteiger partial charge on any atom is -0.343 e. The Bertz CT molecular complexity index is 664. The van der Waals surface area contributed by atoms with Crippen molar-refractivity contribution in [3.63, 3.8) is 0 Å². The van der Waals surface area contributed by atoms with Gasteiger partial charge in [-0.05, 0) is 25.7 Å². The molecule has 3 rings (SSSR count). The molecular weight excluding hydrogens is 258 g/mol. The summed E-state index contributed by atoms with van der Waals surface area (Å²) in [6.07, 6.45) is 5.17. The Hall–Kier alpha value is -2.31. The van der Waals surface area contributed by atoms with Crippen LogP contribution < -0.4 is 10.9 Å². The lowest BCUT2D eigenvalue weighted by atomic mass is 9.80. The van der Waals surface area contributed by atoms with Crippen LogP contribution in [0.15, 0.2) is 17.1 Å². The molecule has 0 spiro atoms. The number of carbonyl (C=O) groups excluding carboxylic acids is 1.